The maximum Gasteiger partial charge on any atom is 0.258 e. The highest BCUT2D eigenvalue weighted by molar-refractivity contribution is 6.30. The van der Waals surface area contributed by atoms with Crippen LogP contribution < -0.4 is 5.32 Å². The number of amides is 1. The minimum absolute atomic E-state index is 0.0243. The Morgan fingerprint density at radius 2 is 2.19 bits per heavy atom. The van der Waals surface area contributed by atoms with Gasteiger partial charge in [-0.2, -0.15) is 0 Å². The maximum absolute atomic E-state index is 12.2. The van der Waals surface area contributed by atoms with Crippen molar-refractivity contribution >= 4 is 23.3 Å². The number of hydrogen-bond donors (Lipinski definition) is 2. The Kier molecular flexibility index (Phi) is 5.27. The number of rotatable bonds is 3. The molecule has 5 nitrogen and oxygen atoms in total. The van der Waals surface area contributed by atoms with Crippen LogP contribution in [-0.2, 0) is 0 Å². The molecule has 0 fully saturated rings. The van der Waals surface area contributed by atoms with Crippen molar-refractivity contribution in [2.75, 3.05) is 11.9 Å². The zero-order valence-electron chi connectivity index (χ0n) is 11.0. The fraction of sp³-hybridized carbons (Fsp3) is 0.133. The summed E-state index contributed by atoms with van der Waals surface area (Å²) in [7, 11) is 0. The maximum atomic E-state index is 12.2. The molecule has 1 amide bonds. The van der Waals surface area contributed by atoms with Crippen molar-refractivity contribution in [3.63, 3.8) is 0 Å². The van der Waals surface area contributed by atoms with E-state index in [1.165, 1.54) is 18.6 Å². The molecule has 0 saturated heterocycles. The summed E-state index contributed by atoms with van der Waals surface area (Å²) in [4.78, 5) is 20.2. The lowest BCUT2D eigenvalue weighted by Gasteiger charge is -2.05. The summed E-state index contributed by atoms with van der Waals surface area (Å²) in [5.41, 5.74) is 0.893. The Labute approximate surface area is 127 Å². The van der Waals surface area contributed by atoms with Crippen LogP contribution in [0.15, 0.2) is 36.8 Å². The number of carbonyl (C=O) groups is 1. The molecule has 106 valence electrons. The monoisotopic (exact) mass is 301 g/mol. The van der Waals surface area contributed by atoms with Crippen LogP contribution in [0.25, 0.3) is 0 Å². The lowest BCUT2D eigenvalue weighted by molar-refractivity contribution is 0.102. The third kappa shape index (κ3) is 4.28. The highest BCUT2D eigenvalue weighted by atomic mass is 35.5. The van der Waals surface area contributed by atoms with Crippen LogP contribution in [0, 0.1) is 11.8 Å². The number of aromatic nitrogens is 2. The average Bonchev–Trinajstić information content (AvgIpc) is 2.50. The number of nitrogens with zero attached hydrogens (tertiary/aromatic N) is 2. The lowest BCUT2D eigenvalue weighted by Crippen LogP contribution is -2.14. The molecule has 0 saturated carbocycles. The van der Waals surface area contributed by atoms with Gasteiger partial charge in [-0.15, -0.1) is 0 Å². The molecule has 2 N–H and O–H groups in total. The van der Waals surface area contributed by atoms with Crippen LogP contribution in [0.4, 0.5) is 5.82 Å². The summed E-state index contributed by atoms with van der Waals surface area (Å²) < 4.78 is 0. The Bertz CT molecular complexity index is 690. The standard InChI is InChI=1S/C15H12ClN3O2/c16-12-4-5-14(18-10-12)19-15(21)13-6-7-17-9-11(13)3-1-2-8-20/h4-7,9-10,20H,2,8H2,(H,18,19,21). The topological polar surface area (TPSA) is 75.1 Å². The number of aliphatic hydroxyl groups excluding tert-OH is 1. The Balaban J connectivity index is 2.19. The van der Waals surface area contributed by atoms with Crippen molar-refractivity contribution in [3.8, 4) is 11.8 Å². The summed E-state index contributed by atoms with van der Waals surface area (Å²) >= 11 is 5.74. The second-order valence-electron chi connectivity index (χ2n) is 4.01. The van der Waals surface area contributed by atoms with Gasteiger partial charge in [0.1, 0.15) is 5.82 Å². The molecule has 0 aliphatic heterocycles. The summed E-state index contributed by atoms with van der Waals surface area (Å²) in [5, 5.41) is 11.9. The van der Waals surface area contributed by atoms with Gasteiger partial charge in [-0.25, -0.2) is 4.98 Å². The van der Waals surface area contributed by atoms with Gasteiger partial charge in [-0.3, -0.25) is 9.78 Å². The predicted molar refractivity (Wildman–Crippen MR) is 80.0 cm³/mol. The molecular weight excluding hydrogens is 290 g/mol. The van der Waals surface area contributed by atoms with Gasteiger partial charge in [0.15, 0.2) is 0 Å². The first-order valence-corrected chi connectivity index (χ1v) is 6.55. The highest BCUT2D eigenvalue weighted by Crippen LogP contribution is 2.12. The van der Waals surface area contributed by atoms with Gasteiger partial charge >= 0.3 is 0 Å². The molecule has 0 aromatic carbocycles. The number of hydrogen-bond acceptors (Lipinski definition) is 4. The van der Waals surface area contributed by atoms with Crippen molar-refractivity contribution < 1.29 is 9.90 Å². The summed E-state index contributed by atoms with van der Waals surface area (Å²) in [5.74, 6) is 5.65. The minimum Gasteiger partial charge on any atom is -0.395 e. The predicted octanol–water partition coefficient (Wildman–Crippen LogP) is 2.12. The second kappa shape index (κ2) is 7.39. The average molecular weight is 302 g/mol. The molecule has 6 heteroatoms. The van der Waals surface area contributed by atoms with E-state index in [0.29, 0.717) is 28.4 Å². The molecule has 2 aromatic rings. The first-order valence-electron chi connectivity index (χ1n) is 6.17. The molecule has 0 bridgehead atoms. The van der Waals surface area contributed by atoms with E-state index in [1.54, 1.807) is 18.2 Å². The van der Waals surface area contributed by atoms with Crippen LogP contribution in [0.1, 0.15) is 22.3 Å². The van der Waals surface area contributed by atoms with E-state index in [2.05, 4.69) is 27.1 Å². The summed E-state index contributed by atoms with van der Waals surface area (Å²) in [6.07, 6.45) is 4.82. The molecule has 0 atom stereocenters. The Morgan fingerprint density at radius 3 is 2.90 bits per heavy atom. The molecule has 2 heterocycles. The number of aliphatic hydroxyl groups is 1. The van der Waals surface area contributed by atoms with Crippen LogP contribution in [0.2, 0.25) is 5.02 Å². The number of anilines is 1. The Morgan fingerprint density at radius 1 is 1.33 bits per heavy atom. The molecule has 0 aliphatic carbocycles. The van der Waals surface area contributed by atoms with Gasteiger partial charge in [0.2, 0.25) is 0 Å². The highest BCUT2D eigenvalue weighted by Gasteiger charge is 2.10. The molecule has 0 unspecified atom stereocenters. The van der Waals surface area contributed by atoms with Gasteiger partial charge in [0.25, 0.3) is 5.91 Å². The zero-order chi connectivity index (χ0) is 15.1. The zero-order valence-corrected chi connectivity index (χ0v) is 11.8. The first kappa shape index (κ1) is 15.0. The van der Waals surface area contributed by atoms with E-state index in [-0.39, 0.29) is 12.5 Å². The fourth-order valence-corrected chi connectivity index (χ4v) is 1.65. The third-order valence-electron chi connectivity index (χ3n) is 2.49. The van der Waals surface area contributed by atoms with E-state index in [9.17, 15) is 4.79 Å². The first-order chi connectivity index (χ1) is 10.2. The van der Waals surface area contributed by atoms with Gasteiger partial charge < -0.3 is 10.4 Å². The number of carbonyl (C=O) groups excluding carboxylic acids is 1. The van der Waals surface area contributed by atoms with Gasteiger partial charge in [-0.05, 0) is 18.2 Å². The summed E-state index contributed by atoms with van der Waals surface area (Å²) in [6, 6.07) is 4.82. The van der Waals surface area contributed by atoms with E-state index in [0.717, 1.165) is 0 Å². The molecular formula is C15H12ClN3O2. The quantitative estimate of drug-likeness (QED) is 0.852. The molecule has 0 radical (unpaired) electrons. The van der Waals surface area contributed by atoms with Crippen LogP contribution in [-0.4, -0.2) is 27.6 Å². The van der Waals surface area contributed by atoms with Crippen molar-refractivity contribution in [1.82, 2.24) is 9.97 Å². The van der Waals surface area contributed by atoms with Crippen molar-refractivity contribution in [2.45, 2.75) is 6.42 Å². The van der Waals surface area contributed by atoms with E-state index in [4.69, 9.17) is 16.7 Å². The van der Waals surface area contributed by atoms with E-state index < -0.39 is 0 Å². The number of pyridine rings is 2. The normalized spacial score (nSPS) is 9.62. The molecule has 21 heavy (non-hydrogen) atoms. The molecule has 0 spiro atoms. The van der Waals surface area contributed by atoms with Crippen molar-refractivity contribution in [3.05, 3.63) is 52.9 Å². The van der Waals surface area contributed by atoms with E-state index in [1.807, 2.05) is 0 Å². The molecule has 0 aliphatic rings. The SMILES string of the molecule is O=C(Nc1ccc(Cl)cn1)c1ccncc1C#CCCO. The van der Waals surface area contributed by atoms with Gasteiger partial charge in [0.05, 0.1) is 22.8 Å². The van der Waals surface area contributed by atoms with Gasteiger partial charge in [-0.1, -0.05) is 23.4 Å². The summed E-state index contributed by atoms with van der Waals surface area (Å²) in [6.45, 7) is -0.0243. The molecule has 2 rings (SSSR count). The Hall–Kier alpha value is -2.42. The van der Waals surface area contributed by atoms with Crippen LogP contribution in [0.3, 0.4) is 0 Å². The van der Waals surface area contributed by atoms with Gasteiger partial charge in [0, 0.05) is 25.0 Å². The fourth-order valence-electron chi connectivity index (χ4n) is 1.54. The van der Waals surface area contributed by atoms with E-state index >= 15 is 0 Å². The number of nitrogens with one attached hydrogen (secondary N) is 1. The minimum atomic E-state index is -0.333. The van der Waals surface area contributed by atoms with Crippen LogP contribution >= 0.6 is 11.6 Å². The van der Waals surface area contributed by atoms with Crippen molar-refractivity contribution in [2.24, 2.45) is 0 Å². The smallest absolute Gasteiger partial charge is 0.258 e. The molecule has 2 aromatic heterocycles. The third-order valence-corrected chi connectivity index (χ3v) is 2.72. The largest absolute Gasteiger partial charge is 0.395 e. The number of halogens is 1. The lowest BCUT2D eigenvalue weighted by atomic mass is 10.1. The van der Waals surface area contributed by atoms with Crippen LogP contribution in [0.5, 0.6) is 0 Å². The van der Waals surface area contributed by atoms with Crippen molar-refractivity contribution in [1.29, 1.82) is 0 Å². The second-order valence-corrected chi connectivity index (χ2v) is 4.45.